The SMILES string of the molecule is COc1cccc2c1[nH]c(=S)n2CCC(=O)NC(C)C. The summed E-state index contributed by atoms with van der Waals surface area (Å²) in [5.74, 6) is 0.776. The van der Waals surface area contributed by atoms with E-state index in [1.165, 1.54) is 0 Å². The molecule has 6 heteroatoms. The molecule has 0 unspecified atom stereocenters. The van der Waals surface area contributed by atoms with Crippen LogP contribution in [-0.2, 0) is 11.3 Å². The quantitative estimate of drug-likeness (QED) is 0.833. The van der Waals surface area contributed by atoms with E-state index in [4.69, 9.17) is 17.0 Å². The van der Waals surface area contributed by atoms with Gasteiger partial charge < -0.3 is 19.6 Å². The number of imidazole rings is 1. The summed E-state index contributed by atoms with van der Waals surface area (Å²) in [4.78, 5) is 14.9. The van der Waals surface area contributed by atoms with E-state index >= 15 is 0 Å². The van der Waals surface area contributed by atoms with Gasteiger partial charge in [0.15, 0.2) is 4.77 Å². The number of fused-ring (bicyclic) bond motifs is 1. The summed E-state index contributed by atoms with van der Waals surface area (Å²) < 4.78 is 7.83. The predicted molar refractivity (Wildman–Crippen MR) is 81.6 cm³/mol. The number of nitrogens with one attached hydrogen (secondary N) is 2. The lowest BCUT2D eigenvalue weighted by Gasteiger charge is -2.09. The summed E-state index contributed by atoms with van der Waals surface area (Å²) in [7, 11) is 1.62. The molecule has 0 atom stereocenters. The van der Waals surface area contributed by atoms with Crippen molar-refractivity contribution in [1.82, 2.24) is 14.9 Å². The summed E-state index contributed by atoms with van der Waals surface area (Å²) in [5.41, 5.74) is 1.82. The van der Waals surface area contributed by atoms with Gasteiger partial charge in [-0.3, -0.25) is 4.79 Å². The summed E-state index contributed by atoms with van der Waals surface area (Å²) in [5, 5.41) is 2.87. The highest BCUT2D eigenvalue weighted by molar-refractivity contribution is 7.71. The molecule has 0 radical (unpaired) electrons. The standard InChI is InChI=1S/C14H19N3O2S/c1-9(2)15-12(18)7-8-17-10-5-4-6-11(19-3)13(10)16-14(17)20/h4-6,9H,7-8H2,1-3H3,(H,15,18)(H,16,20). The van der Waals surface area contributed by atoms with Crippen molar-refractivity contribution in [2.24, 2.45) is 0 Å². The zero-order valence-electron chi connectivity index (χ0n) is 11.9. The highest BCUT2D eigenvalue weighted by Crippen LogP contribution is 2.24. The molecule has 1 aromatic heterocycles. The van der Waals surface area contributed by atoms with E-state index in [-0.39, 0.29) is 11.9 Å². The molecule has 108 valence electrons. The number of aryl methyl sites for hydroxylation is 1. The molecule has 0 fully saturated rings. The van der Waals surface area contributed by atoms with Gasteiger partial charge in [0.25, 0.3) is 0 Å². The van der Waals surface area contributed by atoms with Crippen LogP contribution in [0.3, 0.4) is 0 Å². The summed E-state index contributed by atoms with van der Waals surface area (Å²) in [6.45, 7) is 4.44. The van der Waals surface area contributed by atoms with Crippen LogP contribution >= 0.6 is 12.2 Å². The first-order chi connectivity index (χ1) is 9.52. The Morgan fingerprint density at radius 2 is 2.25 bits per heavy atom. The molecule has 0 saturated heterocycles. The summed E-state index contributed by atoms with van der Waals surface area (Å²) >= 11 is 5.32. The molecule has 0 aliphatic heterocycles. The number of nitrogens with zero attached hydrogens (tertiary/aromatic N) is 1. The fourth-order valence-corrected chi connectivity index (χ4v) is 2.45. The highest BCUT2D eigenvalue weighted by atomic mass is 32.1. The number of aromatic amines is 1. The fourth-order valence-electron chi connectivity index (χ4n) is 2.15. The molecule has 0 bridgehead atoms. The molecule has 5 nitrogen and oxygen atoms in total. The lowest BCUT2D eigenvalue weighted by atomic mass is 10.3. The minimum absolute atomic E-state index is 0.0270. The van der Waals surface area contributed by atoms with Gasteiger partial charge in [-0.2, -0.15) is 0 Å². The van der Waals surface area contributed by atoms with Gasteiger partial charge in [-0.05, 0) is 38.2 Å². The molecule has 1 amide bonds. The molecule has 1 heterocycles. The third-order valence-electron chi connectivity index (χ3n) is 3.00. The van der Waals surface area contributed by atoms with Crippen LogP contribution in [0.2, 0.25) is 0 Å². The third kappa shape index (κ3) is 3.01. The number of methoxy groups -OCH3 is 1. The zero-order chi connectivity index (χ0) is 14.7. The van der Waals surface area contributed by atoms with Crippen molar-refractivity contribution in [2.45, 2.75) is 32.9 Å². The number of ether oxygens (including phenoxy) is 1. The molecule has 2 rings (SSSR count). The molecule has 1 aromatic carbocycles. The van der Waals surface area contributed by atoms with Crippen molar-refractivity contribution in [2.75, 3.05) is 7.11 Å². The molecular formula is C14H19N3O2S. The topological polar surface area (TPSA) is 59.0 Å². The number of carbonyl (C=O) groups is 1. The van der Waals surface area contributed by atoms with Gasteiger partial charge in [-0.15, -0.1) is 0 Å². The fraction of sp³-hybridized carbons (Fsp3) is 0.429. The number of hydrogen-bond acceptors (Lipinski definition) is 3. The largest absolute Gasteiger partial charge is 0.494 e. The van der Waals surface area contributed by atoms with Crippen LogP contribution in [-0.4, -0.2) is 28.6 Å². The first-order valence-electron chi connectivity index (χ1n) is 6.58. The van der Waals surface area contributed by atoms with E-state index in [1.54, 1.807) is 7.11 Å². The van der Waals surface area contributed by atoms with Crippen molar-refractivity contribution in [1.29, 1.82) is 0 Å². The van der Waals surface area contributed by atoms with E-state index in [0.717, 1.165) is 16.8 Å². The molecule has 20 heavy (non-hydrogen) atoms. The van der Waals surface area contributed by atoms with E-state index in [2.05, 4.69) is 10.3 Å². The van der Waals surface area contributed by atoms with Crippen LogP contribution in [0.1, 0.15) is 20.3 Å². The number of amides is 1. The Hall–Kier alpha value is -1.82. The van der Waals surface area contributed by atoms with Crippen LogP contribution in [0.15, 0.2) is 18.2 Å². The van der Waals surface area contributed by atoms with Crippen LogP contribution in [0, 0.1) is 4.77 Å². The highest BCUT2D eigenvalue weighted by Gasteiger charge is 2.10. The number of H-pyrrole nitrogens is 1. The van der Waals surface area contributed by atoms with Gasteiger partial charge in [0.05, 0.1) is 12.6 Å². The Kier molecular flexibility index (Phi) is 4.44. The second-order valence-corrected chi connectivity index (χ2v) is 5.30. The molecule has 2 N–H and O–H groups in total. The molecule has 0 aliphatic carbocycles. The van der Waals surface area contributed by atoms with Gasteiger partial charge >= 0.3 is 0 Å². The number of carbonyl (C=O) groups excluding carboxylic acids is 1. The number of para-hydroxylation sites is 1. The first kappa shape index (κ1) is 14.6. The number of benzene rings is 1. The Labute approximate surface area is 122 Å². The normalized spacial score (nSPS) is 11.0. The number of hydrogen-bond donors (Lipinski definition) is 2. The lowest BCUT2D eigenvalue weighted by Crippen LogP contribution is -2.30. The van der Waals surface area contributed by atoms with E-state index in [1.807, 2.05) is 36.6 Å². The second-order valence-electron chi connectivity index (χ2n) is 4.91. The van der Waals surface area contributed by atoms with Crippen LogP contribution < -0.4 is 10.1 Å². The average molecular weight is 293 g/mol. The van der Waals surface area contributed by atoms with Gasteiger partial charge in [0, 0.05) is 19.0 Å². The molecular weight excluding hydrogens is 274 g/mol. The minimum Gasteiger partial charge on any atom is -0.494 e. The van der Waals surface area contributed by atoms with Gasteiger partial charge in [0.2, 0.25) is 5.91 Å². The monoisotopic (exact) mass is 293 g/mol. The third-order valence-corrected chi connectivity index (χ3v) is 3.33. The average Bonchev–Trinajstić information content (AvgIpc) is 2.71. The number of rotatable bonds is 5. The van der Waals surface area contributed by atoms with Crippen molar-refractivity contribution in [3.05, 3.63) is 23.0 Å². The first-order valence-corrected chi connectivity index (χ1v) is 6.98. The molecule has 2 aromatic rings. The zero-order valence-corrected chi connectivity index (χ0v) is 12.7. The molecule has 0 spiro atoms. The summed E-state index contributed by atoms with van der Waals surface area (Å²) in [6, 6.07) is 5.90. The lowest BCUT2D eigenvalue weighted by molar-refractivity contribution is -0.121. The molecule has 0 saturated carbocycles. The van der Waals surface area contributed by atoms with Gasteiger partial charge in [-0.1, -0.05) is 6.07 Å². The van der Waals surface area contributed by atoms with Crippen LogP contribution in [0.4, 0.5) is 0 Å². The minimum atomic E-state index is 0.0270. The van der Waals surface area contributed by atoms with Crippen LogP contribution in [0.5, 0.6) is 5.75 Å². The Balaban J connectivity index is 2.25. The van der Waals surface area contributed by atoms with E-state index < -0.39 is 0 Å². The Bertz CT molecular complexity index is 673. The number of aromatic nitrogens is 2. The van der Waals surface area contributed by atoms with Crippen molar-refractivity contribution < 1.29 is 9.53 Å². The van der Waals surface area contributed by atoms with Crippen molar-refractivity contribution >= 4 is 29.2 Å². The van der Waals surface area contributed by atoms with Gasteiger partial charge in [-0.25, -0.2) is 0 Å². The Morgan fingerprint density at radius 3 is 2.90 bits per heavy atom. The maximum atomic E-state index is 11.7. The summed E-state index contributed by atoms with van der Waals surface area (Å²) in [6.07, 6.45) is 0.399. The predicted octanol–water partition coefficient (Wildman–Crippen LogP) is 2.62. The van der Waals surface area contributed by atoms with Crippen LogP contribution in [0.25, 0.3) is 11.0 Å². The van der Waals surface area contributed by atoms with Crippen molar-refractivity contribution in [3.63, 3.8) is 0 Å². The van der Waals surface area contributed by atoms with E-state index in [0.29, 0.717) is 17.7 Å². The van der Waals surface area contributed by atoms with Crippen molar-refractivity contribution in [3.8, 4) is 5.75 Å². The van der Waals surface area contributed by atoms with E-state index in [9.17, 15) is 4.79 Å². The second kappa shape index (κ2) is 6.09. The maximum Gasteiger partial charge on any atom is 0.221 e. The smallest absolute Gasteiger partial charge is 0.221 e. The maximum absolute atomic E-state index is 11.7. The van der Waals surface area contributed by atoms with Gasteiger partial charge in [0.1, 0.15) is 11.3 Å². The Morgan fingerprint density at radius 1 is 1.50 bits per heavy atom. The molecule has 0 aliphatic rings.